The Balaban J connectivity index is 2.39. The SMILES string of the molecule is Nc1[c]cc[n+]([O-])c1-c1cccc2ccccc12. The third kappa shape index (κ3) is 1.57. The minimum absolute atomic E-state index is 0.365. The molecule has 87 valence electrons. The van der Waals surface area contributed by atoms with E-state index in [4.69, 9.17) is 5.73 Å². The number of rotatable bonds is 1. The Bertz CT molecular complexity index is 697. The van der Waals surface area contributed by atoms with E-state index in [1.807, 2.05) is 42.5 Å². The molecule has 3 aromatic rings. The van der Waals surface area contributed by atoms with E-state index in [0.29, 0.717) is 11.4 Å². The van der Waals surface area contributed by atoms with Crippen LogP contribution in [0.1, 0.15) is 0 Å². The Morgan fingerprint density at radius 2 is 1.83 bits per heavy atom. The van der Waals surface area contributed by atoms with E-state index in [1.54, 1.807) is 0 Å². The molecular weight excluding hydrogens is 224 g/mol. The highest BCUT2D eigenvalue weighted by Gasteiger charge is 2.15. The number of pyridine rings is 1. The molecule has 0 aliphatic carbocycles. The van der Waals surface area contributed by atoms with Crippen molar-refractivity contribution in [3.8, 4) is 11.3 Å². The molecule has 1 aromatic heterocycles. The highest BCUT2D eigenvalue weighted by atomic mass is 16.5. The summed E-state index contributed by atoms with van der Waals surface area (Å²) in [7, 11) is 0. The first kappa shape index (κ1) is 10.6. The molecule has 0 amide bonds. The summed E-state index contributed by atoms with van der Waals surface area (Å²) in [6, 6.07) is 18.1. The Morgan fingerprint density at radius 1 is 1.06 bits per heavy atom. The first-order valence-corrected chi connectivity index (χ1v) is 5.65. The Hall–Kier alpha value is -2.55. The summed E-state index contributed by atoms with van der Waals surface area (Å²) >= 11 is 0. The molecule has 0 unspecified atom stereocenters. The summed E-state index contributed by atoms with van der Waals surface area (Å²) in [6.07, 6.45) is 1.41. The molecule has 0 fully saturated rings. The van der Waals surface area contributed by atoms with E-state index < -0.39 is 0 Å². The second-order valence-corrected chi connectivity index (χ2v) is 4.07. The van der Waals surface area contributed by atoms with E-state index in [2.05, 4.69) is 6.07 Å². The number of anilines is 1. The second kappa shape index (κ2) is 4.04. The number of hydrogen-bond acceptors (Lipinski definition) is 2. The van der Waals surface area contributed by atoms with Crippen LogP contribution in [0.15, 0.2) is 54.7 Å². The lowest BCUT2D eigenvalue weighted by atomic mass is 10.0. The molecule has 1 radical (unpaired) electrons. The smallest absolute Gasteiger partial charge is 0.248 e. The average molecular weight is 235 g/mol. The van der Waals surface area contributed by atoms with Crippen LogP contribution >= 0.6 is 0 Å². The van der Waals surface area contributed by atoms with Gasteiger partial charge in [0, 0.05) is 12.1 Å². The molecule has 3 nitrogen and oxygen atoms in total. The summed E-state index contributed by atoms with van der Waals surface area (Å²) in [5, 5.41) is 14.0. The molecule has 1 heterocycles. The van der Waals surface area contributed by atoms with Gasteiger partial charge >= 0.3 is 0 Å². The molecule has 0 saturated heterocycles. The van der Waals surface area contributed by atoms with Crippen molar-refractivity contribution < 1.29 is 4.73 Å². The number of nitrogen functional groups attached to an aromatic ring is 1. The maximum atomic E-state index is 11.9. The van der Waals surface area contributed by atoms with Crippen LogP contribution in [0.4, 0.5) is 5.69 Å². The first-order valence-electron chi connectivity index (χ1n) is 5.65. The average Bonchev–Trinajstić information content (AvgIpc) is 2.39. The summed E-state index contributed by atoms with van der Waals surface area (Å²) in [6.45, 7) is 0. The highest BCUT2D eigenvalue weighted by Crippen LogP contribution is 2.29. The van der Waals surface area contributed by atoms with E-state index in [9.17, 15) is 5.21 Å². The van der Waals surface area contributed by atoms with Crippen LogP contribution < -0.4 is 10.5 Å². The molecule has 3 rings (SSSR count). The number of aromatic nitrogens is 1. The molecule has 0 aliphatic rings. The summed E-state index contributed by atoms with van der Waals surface area (Å²) in [5.74, 6) is 0. The zero-order chi connectivity index (χ0) is 12.5. The maximum absolute atomic E-state index is 11.9. The lowest BCUT2D eigenvalue weighted by molar-refractivity contribution is -0.593. The standard InChI is InChI=1S/C15H11N2O/c16-14-9-4-10-17(18)15(14)13-8-3-6-11-5-1-2-7-12(11)13/h1-8,10H,16H2. The van der Waals surface area contributed by atoms with Gasteiger partial charge in [-0.3, -0.25) is 0 Å². The van der Waals surface area contributed by atoms with Crippen molar-refractivity contribution in [2.45, 2.75) is 0 Å². The summed E-state index contributed by atoms with van der Waals surface area (Å²) in [5.41, 5.74) is 7.52. The molecule has 0 saturated carbocycles. The van der Waals surface area contributed by atoms with Crippen molar-refractivity contribution in [1.29, 1.82) is 0 Å². The fourth-order valence-electron chi connectivity index (χ4n) is 2.15. The molecule has 0 atom stereocenters. The molecule has 3 heteroatoms. The van der Waals surface area contributed by atoms with Gasteiger partial charge in [-0.1, -0.05) is 36.4 Å². The number of benzene rings is 2. The van der Waals surface area contributed by atoms with Crippen LogP contribution in [0.2, 0.25) is 0 Å². The Kier molecular flexibility index (Phi) is 2.38. The minimum atomic E-state index is 0.365. The van der Waals surface area contributed by atoms with Crippen molar-refractivity contribution >= 4 is 16.5 Å². The first-order chi connectivity index (χ1) is 8.77. The topological polar surface area (TPSA) is 53.0 Å². The maximum Gasteiger partial charge on any atom is 0.248 e. The van der Waals surface area contributed by atoms with Gasteiger partial charge in [0.2, 0.25) is 5.69 Å². The molecule has 2 aromatic carbocycles. The monoisotopic (exact) mass is 235 g/mol. The largest absolute Gasteiger partial charge is 0.618 e. The fraction of sp³-hybridized carbons (Fsp3) is 0. The van der Waals surface area contributed by atoms with Crippen LogP contribution in [0, 0.1) is 11.3 Å². The third-order valence-electron chi connectivity index (χ3n) is 2.97. The van der Waals surface area contributed by atoms with Crippen LogP contribution in [-0.2, 0) is 0 Å². The molecular formula is C15H11N2O. The predicted molar refractivity (Wildman–Crippen MR) is 71.6 cm³/mol. The van der Waals surface area contributed by atoms with Crippen LogP contribution in [0.25, 0.3) is 22.0 Å². The van der Waals surface area contributed by atoms with E-state index in [0.717, 1.165) is 21.1 Å². The van der Waals surface area contributed by atoms with E-state index >= 15 is 0 Å². The zero-order valence-corrected chi connectivity index (χ0v) is 9.63. The van der Waals surface area contributed by atoms with Gasteiger partial charge in [-0.05, 0) is 16.8 Å². The van der Waals surface area contributed by atoms with Crippen LogP contribution in [0.5, 0.6) is 0 Å². The highest BCUT2D eigenvalue weighted by molar-refractivity contribution is 5.97. The lowest BCUT2D eigenvalue weighted by Gasteiger charge is -2.09. The van der Waals surface area contributed by atoms with Crippen molar-refractivity contribution in [3.05, 3.63) is 66.0 Å². The Labute approximate surface area is 105 Å². The van der Waals surface area contributed by atoms with Gasteiger partial charge in [-0.15, -0.1) is 0 Å². The molecule has 0 spiro atoms. The predicted octanol–water partition coefficient (Wildman–Crippen LogP) is 2.52. The second-order valence-electron chi connectivity index (χ2n) is 4.07. The van der Waals surface area contributed by atoms with Crippen molar-refractivity contribution in [2.75, 3.05) is 5.73 Å². The number of nitrogens with zero attached hydrogens (tertiary/aromatic N) is 1. The van der Waals surface area contributed by atoms with Gasteiger partial charge in [-0.2, -0.15) is 4.73 Å². The van der Waals surface area contributed by atoms with E-state index in [1.165, 1.54) is 12.3 Å². The minimum Gasteiger partial charge on any atom is -0.618 e. The zero-order valence-electron chi connectivity index (χ0n) is 9.63. The van der Waals surface area contributed by atoms with Crippen LogP contribution in [0.3, 0.4) is 0 Å². The van der Waals surface area contributed by atoms with Gasteiger partial charge in [0.05, 0.1) is 5.56 Å². The number of hydrogen-bond donors (Lipinski definition) is 1. The van der Waals surface area contributed by atoms with Gasteiger partial charge in [0.15, 0.2) is 6.20 Å². The van der Waals surface area contributed by atoms with Crippen molar-refractivity contribution in [3.63, 3.8) is 0 Å². The van der Waals surface area contributed by atoms with Gasteiger partial charge < -0.3 is 10.9 Å². The third-order valence-corrected chi connectivity index (χ3v) is 2.97. The van der Waals surface area contributed by atoms with Crippen molar-refractivity contribution in [2.24, 2.45) is 0 Å². The summed E-state index contributed by atoms with van der Waals surface area (Å²) < 4.78 is 0.785. The van der Waals surface area contributed by atoms with Crippen molar-refractivity contribution in [1.82, 2.24) is 0 Å². The molecule has 2 N–H and O–H groups in total. The van der Waals surface area contributed by atoms with Crippen LogP contribution in [-0.4, -0.2) is 0 Å². The summed E-state index contributed by atoms with van der Waals surface area (Å²) in [4.78, 5) is 0. The quantitative estimate of drug-likeness (QED) is 0.520. The van der Waals surface area contributed by atoms with Gasteiger partial charge in [-0.25, -0.2) is 0 Å². The number of fused-ring (bicyclic) bond motifs is 1. The molecule has 0 aliphatic heterocycles. The normalized spacial score (nSPS) is 10.7. The number of nitrogens with two attached hydrogens (primary N) is 1. The van der Waals surface area contributed by atoms with E-state index in [-0.39, 0.29) is 0 Å². The molecule has 18 heavy (non-hydrogen) atoms. The fourth-order valence-corrected chi connectivity index (χ4v) is 2.15. The molecule has 0 bridgehead atoms. The Morgan fingerprint density at radius 3 is 2.67 bits per heavy atom. The van der Waals surface area contributed by atoms with Gasteiger partial charge in [0.1, 0.15) is 5.69 Å². The van der Waals surface area contributed by atoms with Gasteiger partial charge in [0.25, 0.3) is 0 Å². The lowest BCUT2D eigenvalue weighted by Crippen LogP contribution is -2.29.